The number of carbonyl (C=O) groups is 2. The lowest BCUT2D eigenvalue weighted by Gasteiger charge is -2.14. The molecule has 1 unspecified atom stereocenters. The highest BCUT2D eigenvalue weighted by Crippen LogP contribution is 2.28. The highest BCUT2D eigenvalue weighted by molar-refractivity contribution is 5.88. The van der Waals surface area contributed by atoms with Crippen molar-refractivity contribution in [2.75, 3.05) is 34.5 Å². The number of aliphatic hydroxyl groups is 1. The first-order chi connectivity index (χ1) is 15.9. The largest absolute Gasteiger partial charge is 0.504 e. The summed E-state index contributed by atoms with van der Waals surface area (Å²) in [5.41, 5.74) is 1.22. The van der Waals surface area contributed by atoms with Crippen molar-refractivity contribution in [3.8, 4) is 23.0 Å². The normalized spacial score (nSPS) is 11.9. The molecular weight excluding hydrogens is 432 g/mol. The molecule has 0 fully saturated rings. The average molecular weight is 458 g/mol. The summed E-state index contributed by atoms with van der Waals surface area (Å²) < 4.78 is 25.4. The minimum Gasteiger partial charge on any atom is -0.504 e. The molecule has 2 rings (SSSR count). The summed E-state index contributed by atoms with van der Waals surface area (Å²) >= 11 is 0. The standard InChI is InChI=1S/C24H26O9/c1-29-20-8-4-16(12-19(20)26)7-11-24(28)33-18(14-25)15-32-23(27)10-6-17-5-9-21(30-2)22(13-17)31-3/h4-13,18,25-26H,14-15H2,1-3H3/b10-6+,11-7+. The molecule has 0 amide bonds. The van der Waals surface area contributed by atoms with Crippen LogP contribution in [0.25, 0.3) is 12.2 Å². The van der Waals surface area contributed by atoms with Crippen molar-refractivity contribution in [2.45, 2.75) is 6.10 Å². The molecule has 33 heavy (non-hydrogen) atoms. The molecular formula is C24H26O9. The monoisotopic (exact) mass is 458 g/mol. The molecule has 0 bridgehead atoms. The van der Waals surface area contributed by atoms with E-state index in [4.69, 9.17) is 23.7 Å². The Labute approximate surface area is 191 Å². The third kappa shape index (κ3) is 7.89. The van der Waals surface area contributed by atoms with E-state index < -0.39 is 24.6 Å². The maximum Gasteiger partial charge on any atom is 0.331 e. The Kier molecular flexibility index (Phi) is 9.79. The van der Waals surface area contributed by atoms with Crippen LogP contribution in [0, 0.1) is 0 Å². The molecule has 2 aromatic rings. The number of carbonyl (C=O) groups excluding carboxylic acids is 2. The van der Waals surface area contributed by atoms with Crippen molar-refractivity contribution in [3.05, 3.63) is 59.7 Å². The van der Waals surface area contributed by atoms with Crippen LogP contribution in [0.5, 0.6) is 23.0 Å². The van der Waals surface area contributed by atoms with Crippen molar-refractivity contribution in [1.29, 1.82) is 0 Å². The molecule has 0 aromatic heterocycles. The number of hydrogen-bond donors (Lipinski definition) is 2. The summed E-state index contributed by atoms with van der Waals surface area (Å²) in [5.74, 6) is -0.128. The highest BCUT2D eigenvalue weighted by Gasteiger charge is 2.14. The van der Waals surface area contributed by atoms with Gasteiger partial charge in [-0.25, -0.2) is 9.59 Å². The molecule has 9 nitrogen and oxygen atoms in total. The molecule has 2 aromatic carbocycles. The number of ether oxygens (including phenoxy) is 5. The predicted molar refractivity (Wildman–Crippen MR) is 120 cm³/mol. The van der Waals surface area contributed by atoms with E-state index in [-0.39, 0.29) is 12.4 Å². The molecule has 176 valence electrons. The van der Waals surface area contributed by atoms with Crippen LogP contribution in [0.3, 0.4) is 0 Å². The van der Waals surface area contributed by atoms with Crippen molar-refractivity contribution in [1.82, 2.24) is 0 Å². The summed E-state index contributed by atoms with van der Waals surface area (Å²) in [4.78, 5) is 23.9. The van der Waals surface area contributed by atoms with Gasteiger partial charge in [0.05, 0.1) is 27.9 Å². The van der Waals surface area contributed by atoms with Crippen LogP contribution < -0.4 is 14.2 Å². The SMILES string of the molecule is COc1ccc(/C=C/C(=O)OC(CO)COC(=O)/C=C/c2ccc(OC)c(OC)c2)cc1O. The molecule has 0 aliphatic heterocycles. The first-order valence-corrected chi connectivity index (χ1v) is 9.83. The zero-order valence-electron chi connectivity index (χ0n) is 18.5. The van der Waals surface area contributed by atoms with E-state index in [1.54, 1.807) is 30.3 Å². The highest BCUT2D eigenvalue weighted by atomic mass is 16.6. The van der Waals surface area contributed by atoms with Crippen LogP contribution in [0.2, 0.25) is 0 Å². The van der Waals surface area contributed by atoms with E-state index in [9.17, 15) is 19.8 Å². The molecule has 0 spiro atoms. The van der Waals surface area contributed by atoms with Gasteiger partial charge in [0.2, 0.25) is 0 Å². The zero-order chi connectivity index (χ0) is 24.2. The Morgan fingerprint density at radius 3 is 2.00 bits per heavy atom. The third-order valence-corrected chi connectivity index (χ3v) is 4.33. The van der Waals surface area contributed by atoms with Gasteiger partial charge in [0.25, 0.3) is 0 Å². The quantitative estimate of drug-likeness (QED) is 0.387. The Hall–Kier alpha value is -3.98. The van der Waals surface area contributed by atoms with Crippen LogP contribution in [0.4, 0.5) is 0 Å². The van der Waals surface area contributed by atoms with Crippen LogP contribution in [-0.2, 0) is 19.1 Å². The lowest BCUT2D eigenvalue weighted by molar-refractivity contribution is -0.154. The lowest BCUT2D eigenvalue weighted by Crippen LogP contribution is -2.27. The second kappa shape index (κ2) is 12.8. The van der Waals surface area contributed by atoms with Crippen molar-refractivity contribution in [2.24, 2.45) is 0 Å². The number of phenolic OH excluding ortho intramolecular Hbond substituents is 1. The molecule has 0 heterocycles. The fourth-order valence-electron chi connectivity index (χ4n) is 2.65. The Bertz CT molecular complexity index is 1010. The fraction of sp³-hybridized carbons (Fsp3) is 0.250. The van der Waals surface area contributed by atoms with Gasteiger partial charge in [0.15, 0.2) is 29.1 Å². The molecule has 0 saturated heterocycles. The van der Waals surface area contributed by atoms with Gasteiger partial charge in [0.1, 0.15) is 6.61 Å². The van der Waals surface area contributed by atoms with Gasteiger partial charge in [0, 0.05) is 12.2 Å². The Morgan fingerprint density at radius 2 is 1.42 bits per heavy atom. The first-order valence-electron chi connectivity index (χ1n) is 9.83. The number of aliphatic hydroxyl groups excluding tert-OH is 1. The van der Waals surface area contributed by atoms with Gasteiger partial charge >= 0.3 is 11.9 Å². The summed E-state index contributed by atoms with van der Waals surface area (Å²) in [6.45, 7) is -0.857. The summed E-state index contributed by atoms with van der Waals surface area (Å²) in [6.07, 6.45) is 4.24. The smallest absolute Gasteiger partial charge is 0.331 e. The van der Waals surface area contributed by atoms with E-state index in [1.165, 1.54) is 45.6 Å². The van der Waals surface area contributed by atoms with Crippen LogP contribution in [0.1, 0.15) is 11.1 Å². The predicted octanol–water partition coefficient (Wildman–Crippen LogP) is 2.59. The number of rotatable bonds is 11. The van der Waals surface area contributed by atoms with E-state index in [1.807, 2.05) is 0 Å². The fourth-order valence-corrected chi connectivity index (χ4v) is 2.65. The van der Waals surface area contributed by atoms with Crippen LogP contribution in [-0.4, -0.2) is 62.8 Å². The maximum atomic E-state index is 12.0. The number of benzene rings is 2. The number of phenols is 1. The topological polar surface area (TPSA) is 121 Å². The van der Waals surface area contributed by atoms with Gasteiger partial charge < -0.3 is 33.9 Å². The summed E-state index contributed by atoms with van der Waals surface area (Å²) in [5, 5.41) is 19.2. The van der Waals surface area contributed by atoms with Crippen molar-refractivity contribution >= 4 is 24.1 Å². The molecule has 1 atom stereocenters. The van der Waals surface area contributed by atoms with Gasteiger partial charge in [-0.2, -0.15) is 0 Å². The van der Waals surface area contributed by atoms with Gasteiger partial charge in [-0.1, -0.05) is 12.1 Å². The van der Waals surface area contributed by atoms with E-state index in [0.29, 0.717) is 28.4 Å². The minimum absolute atomic E-state index is 0.0747. The number of esters is 2. The van der Waals surface area contributed by atoms with E-state index >= 15 is 0 Å². The number of hydrogen-bond acceptors (Lipinski definition) is 9. The van der Waals surface area contributed by atoms with E-state index in [0.717, 1.165) is 6.08 Å². The minimum atomic E-state index is -1.04. The van der Waals surface area contributed by atoms with Crippen LogP contribution in [0.15, 0.2) is 48.6 Å². The van der Waals surface area contributed by atoms with Crippen molar-refractivity contribution < 1.29 is 43.5 Å². The molecule has 0 radical (unpaired) electrons. The van der Waals surface area contributed by atoms with Gasteiger partial charge in [-0.3, -0.25) is 0 Å². The second-order valence-electron chi connectivity index (χ2n) is 6.58. The summed E-state index contributed by atoms with van der Waals surface area (Å²) in [7, 11) is 4.46. The van der Waals surface area contributed by atoms with Crippen LogP contribution >= 0.6 is 0 Å². The number of methoxy groups -OCH3 is 3. The molecule has 9 heteroatoms. The van der Waals surface area contributed by atoms with Gasteiger partial charge in [-0.05, 0) is 47.5 Å². The average Bonchev–Trinajstić information content (AvgIpc) is 2.83. The van der Waals surface area contributed by atoms with Gasteiger partial charge in [-0.15, -0.1) is 0 Å². The Morgan fingerprint density at radius 1 is 0.848 bits per heavy atom. The van der Waals surface area contributed by atoms with Crippen molar-refractivity contribution in [3.63, 3.8) is 0 Å². The maximum absolute atomic E-state index is 12.0. The summed E-state index contributed by atoms with van der Waals surface area (Å²) in [6, 6.07) is 9.73. The Balaban J connectivity index is 1.86. The molecule has 0 aliphatic carbocycles. The third-order valence-electron chi connectivity index (χ3n) is 4.33. The first kappa shape index (κ1) is 25.3. The number of aromatic hydroxyl groups is 1. The van der Waals surface area contributed by atoms with E-state index in [2.05, 4.69) is 0 Å². The lowest BCUT2D eigenvalue weighted by atomic mass is 10.2. The zero-order valence-corrected chi connectivity index (χ0v) is 18.5. The molecule has 0 aliphatic rings. The molecule has 2 N–H and O–H groups in total. The molecule has 0 saturated carbocycles. The second-order valence-corrected chi connectivity index (χ2v) is 6.58.